The molecule has 0 saturated carbocycles. The molecule has 0 aromatic heterocycles. The predicted molar refractivity (Wildman–Crippen MR) is 120 cm³/mol. The third-order valence-corrected chi connectivity index (χ3v) is 5.82. The Kier molecular flexibility index (Phi) is 5.26. The molecule has 1 unspecified atom stereocenters. The molecule has 3 aromatic carbocycles. The number of hydrogen-bond acceptors (Lipinski definition) is 5. The fourth-order valence-corrected chi connectivity index (χ4v) is 4.16. The fourth-order valence-electron chi connectivity index (χ4n) is 4.04. The molecule has 2 aliphatic heterocycles. The number of rotatable bonds is 3. The molecule has 2 heterocycles. The molecule has 1 fully saturated rings. The molecular weight excluding hydrogens is 449 g/mol. The van der Waals surface area contributed by atoms with Gasteiger partial charge in [0.1, 0.15) is 24.8 Å². The standard InChI is InChI=1S/C25H17ClFNO5/c26-15-6-8-16(9-7-15)28-22(17-3-1-2-4-18(17)27)21(24(30)25(28)31)23(29)14-5-10-19-20(13-14)33-12-11-32-19/h1-10,13,22,29H,11-12H2/b23-21+. The van der Waals surface area contributed by atoms with Gasteiger partial charge in [0.15, 0.2) is 11.5 Å². The summed E-state index contributed by atoms with van der Waals surface area (Å²) < 4.78 is 26.0. The number of hydrogen-bond donors (Lipinski definition) is 1. The maximum absolute atomic E-state index is 14.9. The first-order valence-corrected chi connectivity index (χ1v) is 10.5. The zero-order valence-corrected chi connectivity index (χ0v) is 17.9. The quantitative estimate of drug-likeness (QED) is 0.339. The number of nitrogens with zero attached hydrogens (tertiary/aromatic N) is 1. The summed E-state index contributed by atoms with van der Waals surface area (Å²) in [6, 6.07) is 15.6. The molecule has 5 rings (SSSR count). The maximum atomic E-state index is 14.9. The van der Waals surface area contributed by atoms with Crippen LogP contribution in [0.1, 0.15) is 17.2 Å². The number of aliphatic hydroxyl groups excluding tert-OH is 1. The summed E-state index contributed by atoms with van der Waals surface area (Å²) in [5.41, 5.74) is 0.438. The zero-order chi connectivity index (χ0) is 23.1. The molecule has 166 valence electrons. The highest BCUT2D eigenvalue weighted by atomic mass is 35.5. The number of carbonyl (C=O) groups excluding carboxylic acids is 2. The molecule has 1 saturated heterocycles. The van der Waals surface area contributed by atoms with E-state index in [1.165, 1.54) is 29.2 Å². The van der Waals surface area contributed by atoms with E-state index in [1.807, 2.05) is 0 Å². The Morgan fingerprint density at radius 2 is 1.67 bits per heavy atom. The van der Waals surface area contributed by atoms with E-state index in [4.69, 9.17) is 21.1 Å². The van der Waals surface area contributed by atoms with Crippen molar-refractivity contribution in [3.63, 3.8) is 0 Å². The number of ketones is 1. The molecule has 0 radical (unpaired) electrons. The number of carbonyl (C=O) groups is 2. The van der Waals surface area contributed by atoms with E-state index in [2.05, 4.69) is 0 Å². The second kappa shape index (κ2) is 8.26. The van der Waals surface area contributed by atoms with Gasteiger partial charge in [-0.05, 0) is 48.5 Å². The van der Waals surface area contributed by atoms with Crippen LogP contribution in [0.2, 0.25) is 5.02 Å². The molecule has 0 aliphatic carbocycles. The monoisotopic (exact) mass is 465 g/mol. The molecule has 33 heavy (non-hydrogen) atoms. The lowest BCUT2D eigenvalue weighted by Gasteiger charge is -2.26. The van der Waals surface area contributed by atoms with Crippen LogP contribution in [-0.4, -0.2) is 30.0 Å². The van der Waals surface area contributed by atoms with E-state index in [0.717, 1.165) is 0 Å². The van der Waals surface area contributed by atoms with Crippen LogP contribution in [0.15, 0.2) is 72.3 Å². The number of ether oxygens (including phenoxy) is 2. The highest BCUT2D eigenvalue weighted by Crippen LogP contribution is 2.44. The SMILES string of the molecule is O=C1C(=O)N(c2ccc(Cl)cc2)C(c2ccccc2F)/C1=C(\O)c1ccc2c(c1)OCCO2. The van der Waals surface area contributed by atoms with Gasteiger partial charge in [0, 0.05) is 21.8 Å². The van der Waals surface area contributed by atoms with E-state index >= 15 is 0 Å². The number of Topliss-reactive ketones (excluding diaryl/α,β-unsaturated/α-hetero) is 1. The summed E-state index contributed by atoms with van der Waals surface area (Å²) in [6.45, 7) is 0.741. The summed E-state index contributed by atoms with van der Waals surface area (Å²) >= 11 is 5.98. The van der Waals surface area contributed by atoms with E-state index < -0.39 is 29.3 Å². The van der Waals surface area contributed by atoms with Gasteiger partial charge in [-0.3, -0.25) is 14.5 Å². The van der Waals surface area contributed by atoms with E-state index in [0.29, 0.717) is 35.4 Å². The molecule has 6 nitrogen and oxygen atoms in total. The van der Waals surface area contributed by atoms with Crippen LogP contribution in [0.5, 0.6) is 11.5 Å². The Bertz CT molecular complexity index is 1300. The third-order valence-electron chi connectivity index (χ3n) is 5.56. The first-order chi connectivity index (χ1) is 16.0. The van der Waals surface area contributed by atoms with Crippen molar-refractivity contribution in [1.29, 1.82) is 0 Å². The molecule has 8 heteroatoms. The Labute approximate surface area is 193 Å². The van der Waals surface area contributed by atoms with Crippen LogP contribution >= 0.6 is 11.6 Å². The Hall–Kier alpha value is -3.84. The maximum Gasteiger partial charge on any atom is 0.300 e. The van der Waals surface area contributed by atoms with Crippen LogP contribution < -0.4 is 14.4 Å². The lowest BCUT2D eigenvalue weighted by atomic mass is 9.94. The number of benzene rings is 3. The van der Waals surface area contributed by atoms with Gasteiger partial charge in [-0.25, -0.2) is 4.39 Å². The summed E-state index contributed by atoms with van der Waals surface area (Å²) in [6.07, 6.45) is 0. The first kappa shape index (κ1) is 21.0. The fraction of sp³-hybridized carbons (Fsp3) is 0.120. The second-order valence-corrected chi connectivity index (χ2v) is 7.96. The second-order valence-electron chi connectivity index (χ2n) is 7.53. The highest BCUT2D eigenvalue weighted by molar-refractivity contribution is 6.51. The van der Waals surface area contributed by atoms with Gasteiger partial charge in [0.2, 0.25) is 0 Å². The lowest BCUT2D eigenvalue weighted by molar-refractivity contribution is -0.132. The molecule has 0 spiro atoms. The Morgan fingerprint density at radius 3 is 2.39 bits per heavy atom. The van der Waals surface area contributed by atoms with Crippen molar-refractivity contribution in [2.24, 2.45) is 0 Å². The summed E-state index contributed by atoms with van der Waals surface area (Å²) in [5.74, 6) is -1.95. The van der Waals surface area contributed by atoms with Crippen molar-refractivity contribution in [2.45, 2.75) is 6.04 Å². The van der Waals surface area contributed by atoms with Crippen LogP contribution in [0, 0.1) is 5.82 Å². The van der Waals surface area contributed by atoms with Crippen LogP contribution in [0.25, 0.3) is 5.76 Å². The molecule has 1 atom stereocenters. The van der Waals surface area contributed by atoms with Gasteiger partial charge in [-0.15, -0.1) is 0 Å². The lowest BCUT2D eigenvalue weighted by Crippen LogP contribution is -2.29. The van der Waals surface area contributed by atoms with Crippen molar-refractivity contribution in [2.75, 3.05) is 18.1 Å². The average molecular weight is 466 g/mol. The molecular formula is C25H17ClFNO5. The van der Waals surface area contributed by atoms with Crippen LogP contribution in [-0.2, 0) is 9.59 Å². The third kappa shape index (κ3) is 3.60. The minimum atomic E-state index is -1.18. The van der Waals surface area contributed by atoms with Crippen molar-refractivity contribution in [1.82, 2.24) is 0 Å². The molecule has 1 amide bonds. The average Bonchev–Trinajstić information content (AvgIpc) is 3.09. The topological polar surface area (TPSA) is 76.1 Å². The molecule has 2 aliphatic rings. The van der Waals surface area contributed by atoms with Crippen LogP contribution in [0.4, 0.5) is 10.1 Å². The van der Waals surface area contributed by atoms with Crippen LogP contribution in [0.3, 0.4) is 0 Å². The number of anilines is 1. The van der Waals surface area contributed by atoms with Crippen molar-refractivity contribution >= 4 is 34.7 Å². The molecule has 3 aromatic rings. The van der Waals surface area contributed by atoms with Gasteiger partial charge in [0.25, 0.3) is 11.7 Å². The van der Waals surface area contributed by atoms with Crippen molar-refractivity contribution < 1.29 is 28.6 Å². The van der Waals surface area contributed by atoms with Crippen molar-refractivity contribution in [3.8, 4) is 11.5 Å². The minimum Gasteiger partial charge on any atom is -0.507 e. The van der Waals surface area contributed by atoms with E-state index in [-0.39, 0.29) is 16.7 Å². The summed E-state index contributed by atoms with van der Waals surface area (Å²) in [7, 11) is 0. The highest BCUT2D eigenvalue weighted by Gasteiger charge is 2.47. The molecule has 1 N–H and O–H groups in total. The van der Waals surface area contributed by atoms with Gasteiger partial charge >= 0.3 is 0 Å². The van der Waals surface area contributed by atoms with Gasteiger partial charge in [0.05, 0.1) is 11.6 Å². The smallest absolute Gasteiger partial charge is 0.300 e. The normalized spacial score (nSPS) is 19.1. The summed E-state index contributed by atoms with van der Waals surface area (Å²) in [4.78, 5) is 27.4. The number of amides is 1. The predicted octanol–water partition coefficient (Wildman–Crippen LogP) is 4.88. The first-order valence-electron chi connectivity index (χ1n) is 10.2. The largest absolute Gasteiger partial charge is 0.507 e. The van der Waals surface area contributed by atoms with Gasteiger partial charge in [-0.1, -0.05) is 29.8 Å². The van der Waals surface area contributed by atoms with E-state index in [1.54, 1.807) is 42.5 Å². The van der Waals surface area contributed by atoms with Gasteiger partial charge in [-0.2, -0.15) is 0 Å². The number of aliphatic hydroxyl groups is 1. The van der Waals surface area contributed by atoms with E-state index in [9.17, 15) is 19.1 Å². The Morgan fingerprint density at radius 1 is 0.970 bits per heavy atom. The minimum absolute atomic E-state index is 0.0748. The zero-order valence-electron chi connectivity index (χ0n) is 17.1. The number of fused-ring (bicyclic) bond motifs is 1. The molecule has 0 bridgehead atoms. The van der Waals surface area contributed by atoms with Crippen molar-refractivity contribution in [3.05, 3.63) is 94.3 Å². The Balaban J connectivity index is 1.71. The van der Waals surface area contributed by atoms with Gasteiger partial charge < -0.3 is 14.6 Å². The summed E-state index contributed by atoms with van der Waals surface area (Å²) in [5, 5.41) is 11.6. The number of halogens is 2.